The first-order valence-corrected chi connectivity index (χ1v) is 6.00. The average Bonchev–Trinajstić information content (AvgIpc) is 2.77. The second-order valence-corrected chi connectivity index (χ2v) is 4.30. The van der Waals surface area contributed by atoms with Gasteiger partial charge >= 0.3 is 0 Å². The maximum Gasteiger partial charge on any atom is 0.256 e. The van der Waals surface area contributed by atoms with E-state index < -0.39 is 0 Å². The normalized spacial score (nSPS) is 18.6. The quantitative estimate of drug-likeness (QED) is 0.819. The fourth-order valence-electron chi connectivity index (χ4n) is 2.04. The summed E-state index contributed by atoms with van der Waals surface area (Å²) in [5, 5.41) is 5.85. The number of pyridine rings is 2. The average molecular weight is 252 g/mol. The van der Waals surface area contributed by atoms with E-state index in [1.54, 1.807) is 36.9 Å². The first kappa shape index (κ1) is 11.5. The number of rotatable bonds is 2. The standard InChI is InChI=1S/C14H12N4O/c1-10-13(11-3-2-6-16-9-11)17-18(14(10)19)12-4-7-15-8-5-12/h2-10H,1H3. The Morgan fingerprint density at radius 1 is 1.11 bits per heavy atom. The van der Waals surface area contributed by atoms with Gasteiger partial charge in [-0.15, -0.1) is 0 Å². The monoisotopic (exact) mass is 252 g/mol. The zero-order chi connectivity index (χ0) is 13.2. The number of hydrogen-bond acceptors (Lipinski definition) is 4. The van der Waals surface area contributed by atoms with Crippen LogP contribution >= 0.6 is 0 Å². The molecule has 3 rings (SSSR count). The highest BCUT2D eigenvalue weighted by atomic mass is 16.2. The van der Waals surface area contributed by atoms with Crippen LogP contribution in [-0.4, -0.2) is 21.6 Å². The van der Waals surface area contributed by atoms with Gasteiger partial charge < -0.3 is 0 Å². The van der Waals surface area contributed by atoms with Crippen LogP contribution in [0.15, 0.2) is 54.2 Å². The molecule has 0 aliphatic carbocycles. The highest BCUT2D eigenvalue weighted by Gasteiger charge is 2.33. The molecule has 1 amide bonds. The number of hydrogen-bond donors (Lipinski definition) is 0. The molecule has 0 spiro atoms. The molecular formula is C14H12N4O. The van der Waals surface area contributed by atoms with Gasteiger partial charge in [0.15, 0.2) is 0 Å². The van der Waals surface area contributed by atoms with Crippen molar-refractivity contribution < 1.29 is 4.79 Å². The first-order valence-electron chi connectivity index (χ1n) is 6.00. The highest BCUT2D eigenvalue weighted by molar-refractivity contribution is 6.21. The van der Waals surface area contributed by atoms with E-state index in [1.165, 1.54) is 5.01 Å². The number of amides is 1. The first-order chi connectivity index (χ1) is 9.27. The summed E-state index contributed by atoms with van der Waals surface area (Å²) in [7, 11) is 0. The molecule has 5 nitrogen and oxygen atoms in total. The molecule has 0 radical (unpaired) electrons. The van der Waals surface area contributed by atoms with Crippen LogP contribution in [0.25, 0.3) is 0 Å². The molecule has 0 saturated heterocycles. The summed E-state index contributed by atoms with van der Waals surface area (Å²) >= 11 is 0. The number of aromatic nitrogens is 2. The van der Waals surface area contributed by atoms with E-state index in [-0.39, 0.29) is 11.8 Å². The van der Waals surface area contributed by atoms with Crippen molar-refractivity contribution in [2.45, 2.75) is 6.92 Å². The number of carbonyl (C=O) groups excluding carboxylic acids is 1. The lowest BCUT2D eigenvalue weighted by Gasteiger charge is -2.11. The van der Waals surface area contributed by atoms with Crippen molar-refractivity contribution in [3.8, 4) is 0 Å². The maximum absolute atomic E-state index is 12.3. The summed E-state index contributed by atoms with van der Waals surface area (Å²) in [4.78, 5) is 20.3. The Labute approximate surface area is 110 Å². The van der Waals surface area contributed by atoms with Crippen LogP contribution < -0.4 is 5.01 Å². The fraction of sp³-hybridized carbons (Fsp3) is 0.143. The molecule has 0 bridgehead atoms. The van der Waals surface area contributed by atoms with Crippen LogP contribution in [0.3, 0.4) is 0 Å². The van der Waals surface area contributed by atoms with Crippen LogP contribution in [0, 0.1) is 5.92 Å². The molecule has 1 aliphatic heterocycles. The van der Waals surface area contributed by atoms with E-state index in [0.29, 0.717) is 0 Å². The maximum atomic E-state index is 12.3. The molecule has 5 heteroatoms. The minimum absolute atomic E-state index is 0.0370. The predicted molar refractivity (Wildman–Crippen MR) is 71.7 cm³/mol. The molecule has 1 aliphatic rings. The van der Waals surface area contributed by atoms with E-state index in [1.807, 2.05) is 19.1 Å². The molecule has 1 atom stereocenters. The molecule has 0 fully saturated rings. The largest absolute Gasteiger partial charge is 0.272 e. The van der Waals surface area contributed by atoms with Gasteiger partial charge in [-0.2, -0.15) is 10.1 Å². The van der Waals surface area contributed by atoms with Gasteiger partial charge in [0.1, 0.15) is 0 Å². The third-order valence-electron chi connectivity index (χ3n) is 3.06. The van der Waals surface area contributed by atoms with E-state index in [2.05, 4.69) is 15.1 Å². The van der Waals surface area contributed by atoms with E-state index in [9.17, 15) is 4.79 Å². The minimum atomic E-state index is -0.266. The lowest BCUT2D eigenvalue weighted by Crippen LogP contribution is -2.25. The Balaban J connectivity index is 2.01. The van der Waals surface area contributed by atoms with E-state index in [0.717, 1.165) is 17.0 Å². The van der Waals surface area contributed by atoms with Gasteiger partial charge in [-0.05, 0) is 31.2 Å². The van der Waals surface area contributed by atoms with Crippen molar-refractivity contribution >= 4 is 17.3 Å². The van der Waals surface area contributed by atoms with Crippen molar-refractivity contribution in [2.75, 3.05) is 5.01 Å². The lowest BCUT2D eigenvalue weighted by atomic mass is 10.0. The Bertz CT molecular complexity index is 624. The van der Waals surface area contributed by atoms with Gasteiger partial charge in [0.05, 0.1) is 17.3 Å². The second kappa shape index (κ2) is 4.61. The third kappa shape index (κ3) is 1.99. The summed E-state index contributed by atoms with van der Waals surface area (Å²) in [6.07, 6.45) is 6.71. The lowest BCUT2D eigenvalue weighted by molar-refractivity contribution is -0.119. The van der Waals surface area contributed by atoms with Crippen LogP contribution in [0.4, 0.5) is 5.69 Å². The van der Waals surface area contributed by atoms with Gasteiger partial charge in [0, 0.05) is 30.4 Å². The molecule has 0 N–H and O–H groups in total. The molecule has 2 aromatic heterocycles. The van der Waals surface area contributed by atoms with Crippen LogP contribution in [0.1, 0.15) is 12.5 Å². The Hall–Kier alpha value is -2.56. The number of nitrogens with zero attached hydrogens (tertiary/aromatic N) is 4. The highest BCUT2D eigenvalue weighted by Crippen LogP contribution is 2.25. The molecule has 1 unspecified atom stereocenters. The van der Waals surface area contributed by atoms with Crippen LogP contribution in [-0.2, 0) is 4.79 Å². The number of carbonyl (C=O) groups is 1. The molecule has 94 valence electrons. The Morgan fingerprint density at radius 3 is 2.58 bits per heavy atom. The van der Waals surface area contributed by atoms with Crippen molar-refractivity contribution in [3.63, 3.8) is 0 Å². The van der Waals surface area contributed by atoms with Gasteiger partial charge in [0.25, 0.3) is 5.91 Å². The summed E-state index contributed by atoms with van der Waals surface area (Å²) in [5.74, 6) is -0.303. The molecule has 19 heavy (non-hydrogen) atoms. The van der Waals surface area contributed by atoms with Gasteiger partial charge in [-0.25, -0.2) is 0 Å². The molecule has 0 aromatic carbocycles. The van der Waals surface area contributed by atoms with E-state index >= 15 is 0 Å². The molecule has 2 aromatic rings. The van der Waals surface area contributed by atoms with Gasteiger partial charge in [-0.3, -0.25) is 14.8 Å². The smallest absolute Gasteiger partial charge is 0.256 e. The van der Waals surface area contributed by atoms with Gasteiger partial charge in [0.2, 0.25) is 0 Å². The Morgan fingerprint density at radius 2 is 1.89 bits per heavy atom. The Kier molecular flexibility index (Phi) is 2.79. The second-order valence-electron chi connectivity index (χ2n) is 4.30. The van der Waals surface area contributed by atoms with Crippen LogP contribution in [0.5, 0.6) is 0 Å². The minimum Gasteiger partial charge on any atom is -0.272 e. The fourth-order valence-corrected chi connectivity index (χ4v) is 2.04. The van der Waals surface area contributed by atoms with Crippen molar-refractivity contribution in [1.82, 2.24) is 9.97 Å². The zero-order valence-corrected chi connectivity index (χ0v) is 10.4. The number of anilines is 1. The predicted octanol–water partition coefficient (Wildman–Crippen LogP) is 1.86. The van der Waals surface area contributed by atoms with Crippen molar-refractivity contribution in [2.24, 2.45) is 11.0 Å². The topological polar surface area (TPSA) is 58.5 Å². The number of hydrazone groups is 1. The van der Waals surface area contributed by atoms with E-state index in [4.69, 9.17) is 0 Å². The molecular weight excluding hydrogens is 240 g/mol. The van der Waals surface area contributed by atoms with Crippen molar-refractivity contribution in [3.05, 3.63) is 54.6 Å². The molecule has 0 saturated carbocycles. The van der Waals surface area contributed by atoms with Gasteiger partial charge in [-0.1, -0.05) is 0 Å². The summed E-state index contributed by atoms with van der Waals surface area (Å²) in [6.45, 7) is 1.86. The summed E-state index contributed by atoms with van der Waals surface area (Å²) < 4.78 is 0. The third-order valence-corrected chi connectivity index (χ3v) is 3.06. The zero-order valence-electron chi connectivity index (χ0n) is 10.4. The van der Waals surface area contributed by atoms with Crippen molar-refractivity contribution in [1.29, 1.82) is 0 Å². The van der Waals surface area contributed by atoms with Crippen LogP contribution in [0.2, 0.25) is 0 Å². The summed E-state index contributed by atoms with van der Waals surface area (Å²) in [5.41, 5.74) is 2.35. The molecule has 3 heterocycles. The SMILES string of the molecule is CC1C(=O)N(c2ccncc2)N=C1c1cccnc1. The summed E-state index contributed by atoms with van der Waals surface area (Å²) in [6, 6.07) is 7.27.